The monoisotopic (exact) mass is 526 g/mol. The summed E-state index contributed by atoms with van der Waals surface area (Å²) in [4.78, 5) is 6.80. The minimum atomic E-state index is -2.86. The minimum Gasteiger partial charge on any atom is -0.435 e. The van der Waals surface area contributed by atoms with Crippen LogP contribution in [0.2, 0.25) is 0 Å². The van der Waals surface area contributed by atoms with Gasteiger partial charge >= 0.3 is 6.61 Å². The van der Waals surface area contributed by atoms with Gasteiger partial charge in [0, 0.05) is 13.1 Å². The van der Waals surface area contributed by atoms with E-state index in [1.165, 1.54) is 25.0 Å². The van der Waals surface area contributed by atoms with Crippen LogP contribution in [-0.4, -0.2) is 62.3 Å². The van der Waals surface area contributed by atoms with E-state index in [9.17, 15) is 13.9 Å². The molecule has 9 heteroatoms. The maximum absolute atomic E-state index is 12.2. The third-order valence-electron chi connectivity index (χ3n) is 4.94. The lowest BCUT2D eigenvalue weighted by Gasteiger charge is -2.29. The summed E-state index contributed by atoms with van der Waals surface area (Å²) in [7, 11) is 2.16. The number of alkyl halides is 2. The molecule has 6 nitrogen and oxygen atoms in total. The highest BCUT2D eigenvalue weighted by molar-refractivity contribution is 14.0. The quantitative estimate of drug-likeness (QED) is 0.262. The number of hydrogen-bond acceptors (Lipinski definition) is 4. The molecule has 1 heterocycles. The van der Waals surface area contributed by atoms with E-state index >= 15 is 0 Å². The molecule has 0 bridgehead atoms. The van der Waals surface area contributed by atoms with Gasteiger partial charge in [0.2, 0.25) is 0 Å². The molecule has 1 atom stereocenters. The van der Waals surface area contributed by atoms with E-state index in [0.717, 1.165) is 38.5 Å². The number of benzene rings is 1. The summed E-state index contributed by atoms with van der Waals surface area (Å²) in [5, 5.41) is 16.8. The fourth-order valence-electron chi connectivity index (χ4n) is 3.24. The first-order chi connectivity index (χ1) is 13.5. The van der Waals surface area contributed by atoms with Crippen LogP contribution in [0.5, 0.6) is 5.75 Å². The molecular weight excluding hydrogens is 493 g/mol. The summed E-state index contributed by atoms with van der Waals surface area (Å²) in [6, 6.07) is 5.97. The Labute approximate surface area is 189 Å². The van der Waals surface area contributed by atoms with Gasteiger partial charge in [0.1, 0.15) is 5.75 Å². The standard InChI is InChI=1S/C20H32F2N4O2.HI/c1-3-23-20(24-11-8-15-9-12-26(2)13-10-15)25-14-18(27)16-4-6-17(7-5-16)28-19(21)22;/h4-7,15,18-19,27H,3,8-14H2,1-2H3,(H2,23,24,25);1H. The smallest absolute Gasteiger partial charge is 0.387 e. The molecule has 1 fully saturated rings. The number of aliphatic imine (C=N–C) groups is 1. The number of aliphatic hydroxyl groups is 1. The van der Waals surface area contributed by atoms with Crippen molar-refractivity contribution in [2.45, 2.75) is 38.9 Å². The normalized spacial score (nSPS) is 17.0. The highest BCUT2D eigenvalue weighted by atomic mass is 127. The number of nitrogens with zero attached hydrogens (tertiary/aromatic N) is 2. The van der Waals surface area contributed by atoms with Crippen LogP contribution >= 0.6 is 24.0 Å². The van der Waals surface area contributed by atoms with Gasteiger partial charge in [-0.05, 0) is 69.9 Å². The molecule has 3 N–H and O–H groups in total. The van der Waals surface area contributed by atoms with Crippen LogP contribution in [0.25, 0.3) is 0 Å². The summed E-state index contributed by atoms with van der Waals surface area (Å²) in [6.45, 7) is 3.21. The molecule has 0 spiro atoms. The molecule has 0 aliphatic carbocycles. The lowest BCUT2D eigenvalue weighted by atomic mass is 9.94. The van der Waals surface area contributed by atoms with Gasteiger partial charge in [-0.3, -0.25) is 4.99 Å². The molecule has 2 rings (SSSR count). The van der Waals surface area contributed by atoms with Crippen molar-refractivity contribution in [2.75, 3.05) is 39.8 Å². The zero-order chi connectivity index (χ0) is 20.4. The lowest BCUT2D eigenvalue weighted by molar-refractivity contribution is -0.0498. The molecule has 0 amide bonds. The number of ether oxygens (including phenoxy) is 1. The molecule has 0 saturated carbocycles. The van der Waals surface area contributed by atoms with E-state index in [4.69, 9.17) is 0 Å². The summed E-state index contributed by atoms with van der Waals surface area (Å²) >= 11 is 0. The van der Waals surface area contributed by atoms with Gasteiger partial charge in [0.15, 0.2) is 5.96 Å². The number of guanidine groups is 1. The fraction of sp³-hybridized carbons (Fsp3) is 0.650. The van der Waals surface area contributed by atoms with Gasteiger partial charge in [-0.25, -0.2) is 0 Å². The number of halogens is 3. The molecule has 1 aliphatic rings. The van der Waals surface area contributed by atoms with E-state index in [0.29, 0.717) is 11.5 Å². The number of nitrogens with one attached hydrogen (secondary N) is 2. The summed E-state index contributed by atoms with van der Waals surface area (Å²) in [5.74, 6) is 1.48. The van der Waals surface area contributed by atoms with Crippen LogP contribution in [0.15, 0.2) is 29.3 Å². The van der Waals surface area contributed by atoms with Crippen LogP contribution in [0, 0.1) is 5.92 Å². The second-order valence-electron chi connectivity index (χ2n) is 7.15. The number of hydrogen-bond donors (Lipinski definition) is 3. The Morgan fingerprint density at radius 3 is 2.48 bits per heavy atom. The van der Waals surface area contributed by atoms with E-state index in [2.05, 4.69) is 32.3 Å². The highest BCUT2D eigenvalue weighted by Crippen LogP contribution is 2.20. The Morgan fingerprint density at radius 1 is 1.24 bits per heavy atom. The van der Waals surface area contributed by atoms with Crippen molar-refractivity contribution in [3.8, 4) is 5.75 Å². The van der Waals surface area contributed by atoms with Crippen molar-refractivity contribution >= 4 is 29.9 Å². The lowest BCUT2D eigenvalue weighted by Crippen LogP contribution is -2.39. The molecule has 166 valence electrons. The van der Waals surface area contributed by atoms with E-state index in [1.54, 1.807) is 12.1 Å². The molecule has 1 aliphatic heterocycles. The molecule has 1 unspecified atom stereocenters. The third kappa shape index (κ3) is 9.90. The molecule has 0 radical (unpaired) electrons. The number of likely N-dealkylation sites (tertiary alicyclic amines) is 1. The van der Waals surface area contributed by atoms with Gasteiger partial charge in [0.05, 0.1) is 12.6 Å². The predicted molar refractivity (Wildman–Crippen MR) is 122 cm³/mol. The predicted octanol–water partition coefficient (Wildman–Crippen LogP) is 3.23. The first-order valence-electron chi connectivity index (χ1n) is 9.91. The number of rotatable bonds is 9. The first-order valence-corrected chi connectivity index (χ1v) is 9.91. The maximum atomic E-state index is 12.2. The average molecular weight is 526 g/mol. The van der Waals surface area contributed by atoms with E-state index in [-0.39, 0.29) is 36.3 Å². The largest absolute Gasteiger partial charge is 0.435 e. The Morgan fingerprint density at radius 2 is 1.90 bits per heavy atom. The Balaban J connectivity index is 0.00000420. The van der Waals surface area contributed by atoms with Gasteiger partial charge in [-0.1, -0.05) is 12.1 Å². The van der Waals surface area contributed by atoms with Crippen molar-refractivity contribution < 1.29 is 18.6 Å². The van der Waals surface area contributed by atoms with Gasteiger partial charge in [0.25, 0.3) is 0 Å². The molecule has 1 aromatic rings. The molecule has 1 aromatic carbocycles. The Kier molecular flexibility index (Phi) is 12.4. The van der Waals surface area contributed by atoms with Crippen LogP contribution in [0.3, 0.4) is 0 Å². The van der Waals surface area contributed by atoms with Crippen molar-refractivity contribution in [1.82, 2.24) is 15.5 Å². The van der Waals surface area contributed by atoms with Gasteiger partial charge in [-0.2, -0.15) is 8.78 Å². The van der Waals surface area contributed by atoms with Crippen molar-refractivity contribution in [1.29, 1.82) is 0 Å². The molecular formula is C20H33F2IN4O2. The maximum Gasteiger partial charge on any atom is 0.387 e. The Hall–Kier alpha value is -1.20. The van der Waals surface area contributed by atoms with Crippen LogP contribution in [-0.2, 0) is 0 Å². The molecule has 0 aromatic heterocycles. The van der Waals surface area contributed by atoms with Crippen LogP contribution < -0.4 is 15.4 Å². The third-order valence-corrected chi connectivity index (χ3v) is 4.94. The topological polar surface area (TPSA) is 69.1 Å². The summed E-state index contributed by atoms with van der Waals surface area (Å²) in [6.07, 6.45) is 2.75. The molecule has 29 heavy (non-hydrogen) atoms. The Bertz CT molecular complexity index is 597. The second-order valence-corrected chi connectivity index (χ2v) is 7.15. The van der Waals surface area contributed by atoms with Crippen LogP contribution in [0.1, 0.15) is 37.9 Å². The molecule has 1 saturated heterocycles. The second kappa shape index (κ2) is 13.9. The number of piperidine rings is 1. The van der Waals surface area contributed by atoms with Crippen molar-refractivity contribution in [3.63, 3.8) is 0 Å². The van der Waals surface area contributed by atoms with Crippen LogP contribution in [0.4, 0.5) is 8.78 Å². The van der Waals surface area contributed by atoms with E-state index < -0.39 is 12.7 Å². The first kappa shape index (κ1) is 25.8. The van der Waals surface area contributed by atoms with Crippen molar-refractivity contribution in [3.05, 3.63) is 29.8 Å². The zero-order valence-corrected chi connectivity index (χ0v) is 19.4. The summed E-state index contributed by atoms with van der Waals surface area (Å²) < 4.78 is 28.7. The average Bonchev–Trinajstić information content (AvgIpc) is 2.67. The van der Waals surface area contributed by atoms with Gasteiger partial charge in [-0.15, -0.1) is 24.0 Å². The van der Waals surface area contributed by atoms with Gasteiger partial charge < -0.3 is 25.4 Å². The minimum absolute atomic E-state index is 0. The summed E-state index contributed by atoms with van der Waals surface area (Å²) in [5.41, 5.74) is 0.604. The SMILES string of the molecule is CCNC(=NCC(O)c1ccc(OC(F)F)cc1)NCCC1CCN(C)CC1.I. The zero-order valence-electron chi connectivity index (χ0n) is 17.1. The van der Waals surface area contributed by atoms with E-state index in [1.807, 2.05) is 6.92 Å². The highest BCUT2D eigenvalue weighted by Gasteiger charge is 2.16. The number of aliphatic hydroxyl groups excluding tert-OH is 1. The van der Waals surface area contributed by atoms with Crippen molar-refractivity contribution in [2.24, 2.45) is 10.9 Å². The fourth-order valence-corrected chi connectivity index (χ4v) is 3.24.